The van der Waals surface area contributed by atoms with Crippen LogP contribution in [0.15, 0.2) is 54.9 Å². The van der Waals surface area contributed by atoms with Gasteiger partial charge >= 0.3 is 0 Å². The van der Waals surface area contributed by atoms with Crippen LogP contribution in [0.2, 0.25) is 0 Å². The summed E-state index contributed by atoms with van der Waals surface area (Å²) < 4.78 is 2.39. The Hall–Kier alpha value is -2.17. The SMILES string of the molecule is CC(C)n1cc(CN2CC3CCCC(C2)C3(O)c2ccccn2)c2ccccc21. The molecule has 2 atom stereocenters. The number of piperidine rings is 1. The van der Waals surface area contributed by atoms with Gasteiger partial charge in [-0.1, -0.05) is 30.7 Å². The lowest BCUT2D eigenvalue weighted by molar-refractivity contribution is -0.151. The second-order valence-electron chi connectivity index (χ2n) is 9.23. The van der Waals surface area contributed by atoms with Crippen molar-refractivity contribution in [3.8, 4) is 0 Å². The number of fused-ring (bicyclic) bond motifs is 3. The van der Waals surface area contributed by atoms with E-state index in [1.807, 2.05) is 24.4 Å². The monoisotopic (exact) mass is 389 g/mol. The maximum absolute atomic E-state index is 11.8. The summed E-state index contributed by atoms with van der Waals surface area (Å²) in [4.78, 5) is 7.13. The molecule has 1 aromatic carbocycles. The third-order valence-corrected chi connectivity index (χ3v) is 7.16. The third-order valence-electron chi connectivity index (χ3n) is 7.16. The van der Waals surface area contributed by atoms with E-state index in [-0.39, 0.29) is 11.8 Å². The number of nitrogens with zero attached hydrogens (tertiary/aromatic N) is 3. The van der Waals surface area contributed by atoms with E-state index >= 15 is 0 Å². The van der Waals surface area contributed by atoms with Crippen molar-refractivity contribution >= 4 is 10.9 Å². The van der Waals surface area contributed by atoms with E-state index in [4.69, 9.17) is 0 Å². The first kappa shape index (κ1) is 18.8. The van der Waals surface area contributed by atoms with E-state index in [1.165, 1.54) is 22.9 Å². The molecule has 3 aromatic rings. The summed E-state index contributed by atoms with van der Waals surface area (Å²) >= 11 is 0. The number of pyridine rings is 1. The van der Waals surface area contributed by atoms with Crippen molar-refractivity contribution in [1.82, 2.24) is 14.5 Å². The molecule has 2 aliphatic rings. The van der Waals surface area contributed by atoms with Crippen LogP contribution in [0.3, 0.4) is 0 Å². The third kappa shape index (κ3) is 3.10. The maximum Gasteiger partial charge on any atom is 0.114 e. The van der Waals surface area contributed by atoms with Gasteiger partial charge in [0.05, 0.1) is 5.69 Å². The smallest absolute Gasteiger partial charge is 0.114 e. The molecule has 3 heterocycles. The molecule has 0 amide bonds. The fourth-order valence-corrected chi connectivity index (χ4v) is 5.76. The first-order chi connectivity index (χ1) is 14.1. The summed E-state index contributed by atoms with van der Waals surface area (Å²) in [5, 5.41) is 13.1. The van der Waals surface area contributed by atoms with Crippen LogP contribution in [-0.4, -0.2) is 32.6 Å². The Balaban J connectivity index is 1.44. The highest BCUT2D eigenvalue weighted by atomic mass is 16.3. The zero-order valence-electron chi connectivity index (χ0n) is 17.5. The van der Waals surface area contributed by atoms with Gasteiger partial charge in [0.2, 0.25) is 0 Å². The van der Waals surface area contributed by atoms with Gasteiger partial charge in [-0.2, -0.15) is 0 Å². The molecule has 1 saturated heterocycles. The lowest BCUT2D eigenvalue weighted by Crippen LogP contribution is -2.58. The number of hydrogen-bond acceptors (Lipinski definition) is 3. The lowest BCUT2D eigenvalue weighted by atomic mass is 9.64. The Morgan fingerprint density at radius 1 is 1.07 bits per heavy atom. The normalized spacial score (nSPS) is 27.6. The molecule has 1 N–H and O–H groups in total. The summed E-state index contributed by atoms with van der Waals surface area (Å²) in [5.74, 6) is 0.506. The highest BCUT2D eigenvalue weighted by Crippen LogP contribution is 2.48. The minimum atomic E-state index is -0.776. The van der Waals surface area contributed by atoms with Crippen molar-refractivity contribution in [1.29, 1.82) is 0 Å². The number of benzene rings is 1. The molecule has 5 rings (SSSR count). The Bertz CT molecular complexity index is 980. The number of likely N-dealkylation sites (tertiary alicyclic amines) is 1. The molecule has 4 nitrogen and oxygen atoms in total. The van der Waals surface area contributed by atoms with Gasteiger partial charge in [-0.05, 0) is 50.5 Å². The molecule has 29 heavy (non-hydrogen) atoms. The molecule has 0 radical (unpaired) electrons. The van der Waals surface area contributed by atoms with E-state index in [1.54, 1.807) is 0 Å². The molecule has 2 aromatic heterocycles. The Kier molecular flexibility index (Phi) is 4.72. The summed E-state index contributed by atoms with van der Waals surface area (Å²) in [6, 6.07) is 15.1. The molecule has 4 heteroatoms. The lowest BCUT2D eigenvalue weighted by Gasteiger charge is -2.52. The minimum absolute atomic E-state index is 0.253. The van der Waals surface area contributed by atoms with E-state index in [9.17, 15) is 5.11 Å². The Labute approximate surface area is 173 Å². The average Bonchev–Trinajstić information content (AvgIpc) is 3.08. The number of aliphatic hydroxyl groups is 1. The molecule has 2 bridgehead atoms. The van der Waals surface area contributed by atoms with Gasteiger partial charge in [-0.25, -0.2) is 0 Å². The topological polar surface area (TPSA) is 41.3 Å². The van der Waals surface area contributed by atoms with Gasteiger partial charge in [0.25, 0.3) is 0 Å². The molecule has 2 unspecified atom stereocenters. The van der Waals surface area contributed by atoms with Gasteiger partial charge in [0, 0.05) is 60.8 Å². The van der Waals surface area contributed by atoms with Gasteiger partial charge in [-0.3, -0.25) is 9.88 Å². The van der Waals surface area contributed by atoms with Crippen LogP contribution >= 0.6 is 0 Å². The van der Waals surface area contributed by atoms with Gasteiger partial charge in [0.1, 0.15) is 5.60 Å². The fraction of sp³-hybridized carbons (Fsp3) is 0.480. The molecule has 1 aliphatic carbocycles. The van der Waals surface area contributed by atoms with Crippen molar-refractivity contribution in [3.05, 3.63) is 66.1 Å². The molecule has 1 aliphatic heterocycles. The summed E-state index contributed by atoms with van der Waals surface area (Å²) in [6.45, 7) is 7.31. The van der Waals surface area contributed by atoms with Crippen molar-refractivity contribution in [2.24, 2.45) is 11.8 Å². The standard InChI is InChI=1S/C25H31N3O/c1-18(2)28-15-19(22-10-3-4-11-23(22)28)14-27-16-20-8-7-9-21(17-27)25(20,29)24-12-5-6-13-26-24/h3-6,10-13,15,18,20-21,29H,7-9,14,16-17H2,1-2H3. The molecule has 1 saturated carbocycles. The second kappa shape index (κ2) is 7.26. The number of para-hydroxylation sites is 1. The highest BCUT2D eigenvalue weighted by Gasteiger charge is 2.52. The van der Waals surface area contributed by atoms with Crippen LogP contribution in [0.4, 0.5) is 0 Å². The van der Waals surface area contributed by atoms with Crippen LogP contribution in [0.25, 0.3) is 10.9 Å². The number of aromatic nitrogens is 2. The molecule has 152 valence electrons. The van der Waals surface area contributed by atoms with E-state index < -0.39 is 5.60 Å². The van der Waals surface area contributed by atoms with Gasteiger partial charge in [-0.15, -0.1) is 0 Å². The number of hydrogen-bond donors (Lipinski definition) is 1. The maximum atomic E-state index is 11.8. The van der Waals surface area contributed by atoms with Crippen LogP contribution < -0.4 is 0 Å². The zero-order chi connectivity index (χ0) is 20.0. The van der Waals surface area contributed by atoms with Crippen molar-refractivity contribution in [2.45, 2.75) is 51.3 Å². The first-order valence-corrected chi connectivity index (χ1v) is 11.0. The van der Waals surface area contributed by atoms with Gasteiger partial charge in [0.15, 0.2) is 0 Å². The Morgan fingerprint density at radius 3 is 2.48 bits per heavy atom. The fourth-order valence-electron chi connectivity index (χ4n) is 5.76. The average molecular weight is 390 g/mol. The van der Waals surface area contributed by atoms with Crippen LogP contribution in [0, 0.1) is 11.8 Å². The van der Waals surface area contributed by atoms with E-state index in [2.05, 4.69) is 58.8 Å². The molecular formula is C25H31N3O. The second-order valence-corrected chi connectivity index (χ2v) is 9.23. The van der Waals surface area contributed by atoms with Crippen molar-refractivity contribution in [2.75, 3.05) is 13.1 Å². The summed E-state index contributed by atoms with van der Waals surface area (Å²) in [5.41, 5.74) is 2.81. The van der Waals surface area contributed by atoms with Crippen LogP contribution in [0.5, 0.6) is 0 Å². The van der Waals surface area contributed by atoms with E-state index in [0.717, 1.165) is 38.2 Å². The summed E-state index contributed by atoms with van der Waals surface area (Å²) in [7, 11) is 0. The number of rotatable bonds is 4. The minimum Gasteiger partial charge on any atom is -0.383 e. The van der Waals surface area contributed by atoms with Crippen molar-refractivity contribution in [3.63, 3.8) is 0 Å². The van der Waals surface area contributed by atoms with E-state index in [0.29, 0.717) is 6.04 Å². The first-order valence-electron chi connectivity index (χ1n) is 11.0. The molecular weight excluding hydrogens is 358 g/mol. The Morgan fingerprint density at radius 2 is 1.79 bits per heavy atom. The molecule has 2 fully saturated rings. The van der Waals surface area contributed by atoms with Gasteiger partial charge < -0.3 is 9.67 Å². The zero-order valence-corrected chi connectivity index (χ0v) is 17.5. The highest BCUT2D eigenvalue weighted by molar-refractivity contribution is 5.84. The predicted octanol–water partition coefficient (Wildman–Crippen LogP) is 4.74. The quantitative estimate of drug-likeness (QED) is 0.701. The largest absolute Gasteiger partial charge is 0.383 e. The van der Waals surface area contributed by atoms with Crippen LogP contribution in [-0.2, 0) is 12.1 Å². The van der Waals surface area contributed by atoms with Crippen LogP contribution in [0.1, 0.15) is 50.4 Å². The predicted molar refractivity (Wildman–Crippen MR) is 117 cm³/mol. The summed E-state index contributed by atoms with van der Waals surface area (Å²) in [6.07, 6.45) is 7.52. The van der Waals surface area contributed by atoms with Crippen molar-refractivity contribution < 1.29 is 5.11 Å². The molecule has 0 spiro atoms.